The van der Waals surface area contributed by atoms with Gasteiger partial charge in [-0.25, -0.2) is 8.42 Å². The molecule has 7 nitrogen and oxygen atoms in total. The minimum atomic E-state index is -3.91. The summed E-state index contributed by atoms with van der Waals surface area (Å²) >= 11 is 0. The summed E-state index contributed by atoms with van der Waals surface area (Å²) in [5.41, 5.74) is 0.650. The molecule has 0 atom stereocenters. The Hall–Kier alpha value is -2.61. The Kier molecular flexibility index (Phi) is 5.36. The number of hydrogen-bond acceptors (Lipinski definition) is 5. The number of ether oxygens (including phenoxy) is 1. The minimum absolute atomic E-state index is 0.117. The quantitative estimate of drug-likeness (QED) is 0.548. The third-order valence-corrected chi connectivity index (χ3v) is 6.62. The summed E-state index contributed by atoms with van der Waals surface area (Å²) in [7, 11) is -2.49. The molecule has 0 heterocycles. The second-order valence-corrected chi connectivity index (χ2v) is 8.67. The van der Waals surface area contributed by atoms with Gasteiger partial charge >= 0.3 is 0 Å². The van der Waals surface area contributed by atoms with Gasteiger partial charge in [-0.3, -0.25) is 14.4 Å². The normalized spacial score (nSPS) is 14.9. The maximum absolute atomic E-state index is 12.9. The highest BCUT2D eigenvalue weighted by atomic mass is 32.2. The summed E-state index contributed by atoms with van der Waals surface area (Å²) in [4.78, 5) is 10.4. The summed E-state index contributed by atoms with van der Waals surface area (Å²) in [6, 6.07) is 10.8. The first-order chi connectivity index (χ1) is 12.8. The van der Waals surface area contributed by atoms with E-state index in [1.54, 1.807) is 31.2 Å². The van der Waals surface area contributed by atoms with Crippen LogP contribution in [0.5, 0.6) is 5.75 Å². The molecule has 3 rings (SSSR count). The molecule has 0 aliphatic heterocycles. The van der Waals surface area contributed by atoms with Crippen molar-refractivity contribution in [1.29, 1.82) is 0 Å². The Balaban J connectivity index is 1.82. The number of nitrogens with zero attached hydrogens (tertiary/aromatic N) is 2. The van der Waals surface area contributed by atoms with Gasteiger partial charge in [0.25, 0.3) is 15.7 Å². The van der Waals surface area contributed by atoms with Gasteiger partial charge in [0.2, 0.25) is 0 Å². The molecule has 0 amide bonds. The fraction of sp³-hybridized carbons (Fsp3) is 0.368. The number of aryl methyl sites for hydroxylation is 1. The standard InChI is InChI=1S/C19H22N2O5S/c1-14-7-12-18(13-19(14)21(22)23)27(24,25)20(2)15-8-10-17(11-9-15)26-16-5-3-4-6-16/h7-13,16H,3-6H2,1-2H3. The van der Waals surface area contributed by atoms with Crippen LogP contribution in [0, 0.1) is 17.0 Å². The molecule has 1 saturated carbocycles. The minimum Gasteiger partial charge on any atom is -0.490 e. The van der Waals surface area contributed by atoms with E-state index in [0.29, 0.717) is 17.0 Å². The fourth-order valence-corrected chi connectivity index (χ4v) is 4.39. The zero-order valence-electron chi connectivity index (χ0n) is 15.3. The monoisotopic (exact) mass is 390 g/mol. The van der Waals surface area contributed by atoms with E-state index in [9.17, 15) is 18.5 Å². The van der Waals surface area contributed by atoms with Crippen molar-refractivity contribution in [1.82, 2.24) is 0 Å². The highest BCUT2D eigenvalue weighted by Crippen LogP contribution is 2.29. The summed E-state index contributed by atoms with van der Waals surface area (Å²) in [5.74, 6) is 0.711. The van der Waals surface area contributed by atoms with Crippen LogP contribution in [0.4, 0.5) is 11.4 Å². The zero-order valence-corrected chi connectivity index (χ0v) is 16.1. The average molecular weight is 390 g/mol. The van der Waals surface area contributed by atoms with Crippen LogP contribution in [0.25, 0.3) is 0 Å². The van der Waals surface area contributed by atoms with E-state index in [1.165, 1.54) is 32.0 Å². The third-order valence-electron chi connectivity index (χ3n) is 4.84. The van der Waals surface area contributed by atoms with Crippen LogP contribution in [0.2, 0.25) is 0 Å². The van der Waals surface area contributed by atoms with E-state index in [1.807, 2.05) is 0 Å². The van der Waals surface area contributed by atoms with Crippen molar-refractivity contribution in [2.75, 3.05) is 11.4 Å². The van der Waals surface area contributed by atoms with Gasteiger partial charge in [0.15, 0.2) is 0 Å². The Morgan fingerprint density at radius 3 is 2.33 bits per heavy atom. The van der Waals surface area contributed by atoms with E-state index in [4.69, 9.17) is 4.74 Å². The molecule has 27 heavy (non-hydrogen) atoms. The first-order valence-electron chi connectivity index (χ1n) is 8.80. The van der Waals surface area contributed by atoms with E-state index < -0.39 is 14.9 Å². The number of nitro groups is 1. The maximum Gasteiger partial charge on any atom is 0.273 e. The van der Waals surface area contributed by atoms with E-state index in [-0.39, 0.29) is 16.7 Å². The molecule has 8 heteroatoms. The first-order valence-corrected chi connectivity index (χ1v) is 10.2. The van der Waals surface area contributed by atoms with Gasteiger partial charge in [-0.05, 0) is 62.9 Å². The lowest BCUT2D eigenvalue weighted by Gasteiger charge is -2.20. The zero-order chi connectivity index (χ0) is 19.6. The summed E-state index contributed by atoms with van der Waals surface area (Å²) < 4.78 is 32.7. The number of benzene rings is 2. The molecule has 1 aliphatic rings. The van der Waals surface area contributed by atoms with Gasteiger partial charge in [0, 0.05) is 18.7 Å². The van der Waals surface area contributed by atoms with Gasteiger partial charge in [-0.2, -0.15) is 0 Å². The summed E-state index contributed by atoms with van der Waals surface area (Å²) in [5, 5.41) is 11.1. The molecule has 1 aliphatic carbocycles. The van der Waals surface area contributed by atoms with Gasteiger partial charge in [0.05, 0.1) is 21.6 Å². The summed E-state index contributed by atoms with van der Waals surface area (Å²) in [6.45, 7) is 1.57. The molecule has 0 radical (unpaired) electrons. The second-order valence-electron chi connectivity index (χ2n) is 6.70. The Bertz CT molecular complexity index is 935. The number of anilines is 1. The molecule has 0 aromatic heterocycles. The van der Waals surface area contributed by atoms with Gasteiger partial charge in [-0.1, -0.05) is 6.07 Å². The lowest BCUT2D eigenvalue weighted by Crippen LogP contribution is -2.26. The smallest absolute Gasteiger partial charge is 0.273 e. The predicted octanol–water partition coefficient (Wildman–Crippen LogP) is 4.05. The van der Waals surface area contributed by atoms with Crippen molar-refractivity contribution in [2.45, 2.75) is 43.6 Å². The number of nitro benzene ring substituents is 1. The van der Waals surface area contributed by atoms with Gasteiger partial charge < -0.3 is 4.74 Å². The van der Waals surface area contributed by atoms with Crippen LogP contribution in [-0.2, 0) is 10.0 Å². The number of sulfonamides is 1. The maximum atomic E-state index is 12.9. The summed E-state index contributed by atoms with van der Waals surface area (Å²) in [6.07, 6.45) is 4.66. The number of rotatable bonds is 6. The lowest BCUT2D eigenvalue weighted by atomic mass is 10.2. The molecule has 2 aromatic rings. The second kappa shape index (κ2) is 7.56. The molecular weight excluding hydrogens is 368 g/mol. The van der Waals surface area contributed by atoms with E-state index >= 15 is 0 Å². The molecule has 2 aromatic carbocycles. The van der Waals surface area contributed by atoms with E-state index in [2.05, 4.69) is 0 Å². The molecule has 0 N–H and O–H groups in total. The molecule has 144 valence electrons. The van der Waals surface area contributed by atoms with Crippen molar-refractivity contribution in [3.63, 3.8) is 0 Å². The highest BCUT2D eigenvalue weighted by molar-refractivity contribution is 7.92. The molecule has 0 spiro atoms. The molecule has 0 unspecified atom stereocenters. The fourth-order valence-electron chi connectivity index (χ4n) is 3.18. The van der Waals surface area contributed by atoms with Crippen LogP contribution >= 0.6 is 0 Å². The largest absolute Gasteiger partial charge is 0.490 e. The van der Waals surface area contributed by atoms with Crippen LogP contribution < -0.4 is 9.04 Å². The number of hydrogen-bond donors (Lipinski definition) is 0. The van der Waals surface area contributed by atoms with Crippen molar-refractivity contribution in [3.05, 3.63) is 58.1 Å². The average Bonchev–Trinajstić information content (AvgIpc) is 3.14. The van der Waals surface area contributed by atoms with Crippen LogP contribution in [0.3, 0.4) is 0 Å². The van der Waals surface area contributed by atoms with Crippen molar-refractivity contribution >= 4 is 21.4 Å². The van der Waals surface area contributed by atoms with Crippen molar-refractivity contribution in [3.8, 4) is 5.75 Å². The highest BCUT2D eigenvalue weighted by Gasteiger charge is 2.25. The predicted molar refractivity (Wildman–Crippen MR) is 103 cm³/mol. The molecular formula is C19H22N2O5S. The van der Waals surface area contributed by atoms with Crippen LogP contribution in [-0.4, -0.2) is 26.5 Å². The van der Waals surface area contributed by atoms with Crippen LogP contribution in [0.1, 0.15) is 31.2 Å². The SMILES string of the molecule is Cc1ccc(S(=O)(=O)N(C)c2ccc(OC3CCCC3)cc2)cc1[N+](=O)[O-]. The third kappa shape index (κ3) is 4.05. The van der Waals surface area contributed by atoms with Gasteiger partial charge in [-0.15, -0.1) is 0 Å². The Labute approximate surface area is 158 Å². The van der Waals surface area contributed by atoms with E-state index in [0.717, 1.165) is 23.2 Å². The topological polar surface area (TPSA) is 89.8 Å². The van der Waals surface area contributed by atoms with Crippen LogP contribution in [0.15, 0.2) is 47.4 Å². The Morgan fingerprint density at radius 2 is 1.74 bits per heavy atom. The molecule has 1 fully saturated rings. The first kappa shape index (κ1) is 19.2. The van der Waals surface area contributed by atoms with Crippen molar-refractivity contribution < 1.29 is 18.1 Å². The van der Waals surface area contributed by atoms with Gasteiger partial charge in [0.1, 0.15) is 5.75 Å². The van der Waals surface area contributed by atoms with Crippen molar-refractivity contribution in [2.24, 2.45) is 0 Å². The molecule has 0 bridgehead atoms. The molecule has 0 saturated heterocycles. The Morgan fingerprint density at radius 1 is 1.11 bits per heavy atom. The lowest BCUT2D eigenvalue weighted by molar-refractivity contribution is -0.385.